The summed E-state index contributed by atoms with van der Waals surface area (Å²) < 4.78 is 0. The molecule has 0 heterocycles. The Bertz CT molecular complexity index is 290. The van der Waals surface area contributed by atoms with E-state index in [9.17, 15) is 4.79 Å². The molecule has 0 bridgehead atoms. The standard InChI is InChI=1S/C13H23N3O/c1-10(7-14)9-16(2)13(17)12-5-3-11(8-15)4-6-12/h10-12H,3-6,8-9,15H2,1-2H3. The predicted octanol–water partition coefficient (Wildman–Crippen LogP) is 1.37. The molecule has 4 nitrogen and oxygen atoms in total. The summed E-state index contributed by atoms with van der Waals surface area (Å²) in [4.78, 5) is 13.8. The zero-order valence-corrected chi connectivity index (χ0v) is 10.9. The highest BCUT2D eigenvalue weighted by Gasteiger charge is 2.27. The number of carbonyl (C=O) groups is 1. The van der Waals surface area contributed by atoms with Crippen LogP contribution in [-0.4, -0.2) is 30.9 Å². The summed E-state index contributed by atoms with van der Waals surface area (Å²) in [5.41, 5.74) is 5.64. The summed E-state index contributed by atoms with van der Waals surface area (Å²) >= 11 is 0. The molecule has 0 aromatic heterocycles. The van der Waals surface area contributed by atoms with Gasteiger partial charge >= 0.3 is 0 Å². The maximum Gasteiger partial charge on any atom is 0.225 e. The van der Waals surface area contributed by atoms with Crippen LogP contribution in [0.2, 0.25) is 0 Å². The van der Waals surface area contributed by atoms with Crippen molar-refractivity contribution in [2.75, 3.05) is 20.1 Å². The Kier molecular flexibility index (Phi) is 5.43. The Balaban J connectivity index is 2.40. The number of hydrogen-bond acceptors (Lipinski definition) is 3. The van der Waals surface area contributed by atoms with Crippen molar-refractivity contribution in [1.29, 1.82) is 5.26 Å². The first-order valence-electron chi connectivity index (χ1n) is 6.43. The normalized spacial score (nSPS) is 26.0. The molecule has 1 atom stereocenters. The van der Waals surface area contributed by atoms with Crippen molar-refractivity contribution in [3.05, 3.63) is 0 Å². The number of nitriles is 1. The third-order valence-electron chi connectivity index (χ3n) is 3.67. The maximum absolute atomic E-state index is 12.1. The highest BCUT2D eigenvalue weighted by atomic mass is 16.2. The van der Waals surface area contributed by atoms with E-state index in [-0.39, 0.29) is 17.7 Å². The lowest BCUT2D eigenvalue weighted by atomic mass is 9.81. The minimum Gasteiger partial charge on any atom is -0.344 e. The van der Waals surface area contributed by atoms with Crippen molar-refractivity contribution < 1.29 is 4.79 Å². The molecule has 4 heteroatoms. The molecule has 0 aromatic carbocycles. The average Bonchev–Trinajstić information content (AvgIpc) is 2.37. The van der Waals surface area contributed by atoms with Crippen LogP contribution in [0.4, 0.5) is 0 Å². The molecule has 0 aliphatic heterocycles. The second kappa shape index (κ2) is 6.61. The molecular formula is C13H23N3O. The molecule has 1 fully saturated rings. The Labute approximate surface area is 104 Å². The molecule has 2 N–H and O–H groups in total. The second-order valence-corrected chi connectivity index (χ2v) is 5.20. The van der Waals surface area contributed by atoms with Gasteiger partial charge in [-0.05, 0) is 45.1 Å². The molecule has 1 unspecified atom stereocenters. The van der Waals surface area contributed by atoms with Gasteiger partial charge in [0.2, 0.25) is 5.91 Å². The number of nitrogens with zero attached hydrogens (tertiary/aromatic N) is 2. The lowest BCUT2D eigenvalue weighted by Crippen LogP contribution is -2.37. The molecule has 0 spiro atoms. The van der Waals surface area contributed by atoms with E-state index in [4.69, 9.17) is 11.0 Å². The number of amides is 1. The quantitative estimate of drug-likeness (QED) is 0.802. The van der Waals surface area contributed by atoms with E-state index in [1.807, 2.05) is 6.92 Å². The molecule has 0 saturated heterocycles. The van der Waals surface area contributed by atoms with Crippen LogP contribution in [-0.2, 0) is 4.79 Å². The van der Waals surface area contributed by atoms with Crippen molar-refractivity contribution in [1.82, 2.24) is 4.90 Å². The Morgan fingerprint density at radius 1 is 1.47 bits per heavy atom. The van der Waals surface area contributed by atoms with Crippen LogP contribution in [0.3, 0.4) is 0 Å². The number of carbonyl (C=O) groups excluding carboxylic acids is 1. The Morgan fingerprint density at radius 3 is 2.53 bits per heavy atom. The Morgan fingerprint density at radius 2 is 2.06 bits per heavy atom. The van der Waals surface area contributed by atoms with Gasteiger partial charge in [-0.2, -0.15) is 5.26 Å². The van der Waals surface area contributed by atoms with Crippen molar-refractivity contribution in [3.8, 4) is 6.07 Å². The van der Waals surface area contributed by atoms with Gasteiger partial charge < -0.3 is 10.6 Å². The molecule has 1 aliphatic carbocycles. The SMILES string of the molecule is CC(C#N)CN(C)C(=O)C1CCC(CN)CC1. The van der Waals surface area contributed by atoms with Gasteiger partial charge in [0.15, 0.2) is 0 Å². The molecule has 0 radical (unpaired) electrons. The van der Waals surface area contributed by atoms with Crippen molar-refractivity contribution in [2.24, 2.45) is 23.5 Å². The monoisotopic (exact) mass is 237 g/mol. The number of hydrogen-bond donors (Lipinski definition) is 1. The van der Waals surface area contributed by atoms with Gasteiger partial charge in [-0.15, -0.1) is 0 Å². The van der Waals surface area contributed by atoms with Crippen molar-refractivity contribution >= 4 is 5.91 Å². The summed E-state index contributed by atoms with van der Waals surface area (Å²) in [6.45, 7) is 3.11. The minimum atomic E-state index is -0.0932. The first kappa shape index (κ1) is 14.0. The highest BCUT2D eigenvalue weighted by molar-refractivity contribution is 5.78. The van der Waals surface area contributed by atoms with E-state index in [0.29, 0.717) is 12.5 Å². The van der Waals surface area contributed by atoms with Crippen LogP contribution in [0.15, 0.2) is 0 Å². The van der Waals surface area contributed by atoms with E-state index in [1.54, 1.807) is 11.9 Å². The molecule has 1 amide bonds. The molecule has 1 rings (SSSR count). The van der Waals surface area contributed by atoms with E-state index < -0.39 is 0 Å². The summed E-state index contributed by atoms with van der Waals surface area (Å²) in [5, 5.41) is 8.74. The van der Waals surface area contributed by atoms with Crippen LogP contribution >= 0.6 is 0 Å². The minimum absolute atomic E-state index is 0.0932. The van der Waals surface area contributed by atoms with Gasteiger partial charge in [0, 0.05) is 19.5 Å². The molecule has 0 aromatic rings. The largest absolute Gasteiger partial charge is 0.344 e. The summed E-state index contributed by atoms with van der Waals surface area (Å²) in [5.74, 6) is 0.850. The second-order valence-electron chi connectivity index (χ2n) is 5.20. The van der Waals surface area contributed by atoms with Gasteiger partial charge in [0.05, 0.1) is 12.0 Å². The van der Waals surface area contributed by atoms with Gasteiger partial charge in [0.25, 0.3) is 0 Å². The topological polar surface area (TPSA) is 70.1 Å². The van der Waals surface area contributed by atoms with Gasteiger partial charge in [-0.3, -0.25) is 4.79 Å². The summed E-state index contributed by atoms with van der Waals surface area (Å²) in [7, 11) is 1.80. The van der Waals surface area contributed by atoms with Crippen LogP contribution < -0.4 is 5.73 Å². The summed E-state index contributed by atoms with van der Waals surface area (Å²) in [6.07, 6.45) is 4.03. The predicted molar refractivity (Wildman–Crippen MR) is 66.9 cm³/mol. The number of nitrogens with two attached hydrogens (primary N) is 1. The zero-order chi connectivity index (χ0) is 12.8. The first-order valence-corrected chi connectivity index (χ1v) is 6.43. The number of rotatable bonds is 4. The first-order chi connectivity index (χ1) is 8.08. The van der Waals surface area contributed by atoms with E-state index in [0.717, 1.165) is 32.2 Å². The van der Waals surface area contributed by atoms with Gasteiger partial charge in [-0.25, -0.2) is 0 Å². The third-order valence-corrected chi connectivity index (χ3v) is 3.67. The molecule has 17 heavy (non-hydrogen) atoms. The lowest BCUT2D eigenvalue weighted by molar-refractivity contribution is -0.135. The summed E-state index contributed by atoms with van der Waals surface area (Å²) in [6, 6.07) is 2.16. The van der Waals surface area contributed by atoms with Crippen molar-refractivity contribution in [2.45, 2.75) is 32.6 Å². The Hall–Kier alpha value is -1.08. The van der Waals surface area contributed by atoms with E-state index >= 15 is 0 Å². The van der Waals surface area contributed by atoms with Gasteiger partial charge in [-0.1, -0.05) is 0 Å². The van der Waals surface area contributed by atoms with Crippen LogP contribution in [0, 0.1) is 29.1 Å². The van der Waals surface area contributed by atoms with Gasteiger partial charge in [0.1, 0.15) is 0 Å². The van der Waals surface area contributed by atoms with E-state index in [1.165, 1.54) is 0 Å². The molecule has 96 valence electrons. The van der Waals surface area contributed by atoms with Crippen LogP contribution in [0.25, 0.3) is 0 Å². The maximum atomic E-state index is 12.1. The van der Waals surface area contributed by atoms with E-state index in [2.05, 4.69) is 6.07 Å². The van der Waals surface area contributed by atoms with Crippen LogP contribution in [0.5, 0.6) is 0 Å². The zero-order valence-electron chi connectivity index (χ0n) is 10.9. The molecular weight excluding hydrogens is 214 g/mol. The fourth-order valence-electron chi connectivity index (χ4n) is 2.50. The lowest BCUT2D eigenvalue weighted by Gasteiger charge is -2.30. The fraction of sp³-hybridized carbons (Fsp3) is 0.846. The average molecular weight is 237 g/mol. The van der Waals surface area contributed by atoms with Crippen molar-refractivity contribution in [3.63, 3.8) is 0 Å². The fourth-order valence-corrected chi connectivity index (χ4v) is 2.50. The molecule has 1 saturated carbocycles. The smallest absolute Gasteiger partial charge is 0.225 e. The highest BCUT2D eigenvalue weighted by Crippen LogP contribution is 2.29. The molecule has 1 aliphatic rings. The van der Waals surface area contributed by atoms with Crippen LogP contribution in [0.1, 0.15) is 32.6 Å². The third kappa shape index (κ3) is 4.01.